The molecular formula is C19H18ClN3O5S. The molecule has 2 aliphatic heterocycles. The van der Waals surface area contributed by atoms with Crippen LogP contribution in [0, 0.1) is 10.1 Å². The number of carbonyl (C=O) groups excluding carboxylic acids is 1. The second-order valence-electron chi connectivity index (χ2n) is 7.03. The fraction of sp³-hybridized carbons (Fsp3) is 0.316. The predicted molar refractivity (Wildman–Crippen MR) is 108 cm³/mol. The van der Waals surface area contributed by atoms with Gasteiger partial charge in [-0.2, -0.15) is 4.31 Å². The molecular weight excluding hydrogens is 418 g/mol. The van der Waals surface area contributed by atoms with Crippen molar-refractivity contribution in [1.82, 2.24) is 4.31 Å². The molecule has 8 nitrogen and oxygen atoms in total. The van der Waals surface area contributed by atoms with Gasteiger partial charge in [0.1, 0.15) is 4.90 Å². The lowest BCUT2D eigenvalue weighted by Gasteiger charge is -2.20. The number of sulfonamides is 1. The van der Waals surface area contributed by atoms with E-state index in [-0.39, 0.29) is 21.2 Å². The molecule has 0 bridgehead atoms. The van der Waals surface area contributed by atoms with E-state index in [1.165, 1.54) is 39.5 Å². The van der Waals surface area contributed by atoms with Crippen LogP contribution in [0.4, 0.5) is 11.4 Å². The molecule has 2 aliphatic rings. The topological polar surface area (TPSA) is 101 Å². The van der Waals surface area contributed by atoms with Crippen molar-refractivity contribution in [3.05, 3.63) is 62.7 Å². The van der Waals surface area contributed by atoms with E-state index in [2.05, 4.69) is 0 Å². The molecule has 29 heavy (non-hydrogen) atoms. The number of hydrogen-bond acceptors (Lipinski definition) is 5. The summed E-state index contributed by atoms with van der Waals surface area (Å²) in [5, 5.41) is 11.1. The number of anilines is 1. The summed E-state index contributed by atoms with van der Waals surface area (Å²) in [4.78, 5) is 25.0. The Balaban J connectivity index is 1.70. The van der Waals surface area contributed by atoms with Crippen LogP contribution in [0.2, 0.25) is 5.02 Å². The van der Waals surface area contributed by atoms with Crippen molar-refractivity contribution < 1.29 is 18.1 Å². The summed E-state index contributed by atoms with van der Waals surface area (Å²) in [5.74, 6) is -0.418. The number of halogens is 1. The van der Waals surface area contributed by atoms with E-state index in [0.29, 0.717) is 31.7 Å². The Labute approximate surface area is 172 Å². The van der Waals surface area contributed by atoms with E-state index in [1.807, 2.05) is 0 Å². The van der Waals surface area contributed by atoms with Crippen molar-refractivity contribution in [1.29, 1.82) is 0 Å². The number of hydrogen-bond donors (Lipinski definition) is 0. The third-order valence-electron chi connectivity index (χ3n) is 5.28. The third-order valence-corrected chi connectivity index (χ3v) is 7.66. The molecule has 4 rings (SSSR count). The van der Waals surface area contributed by atoms with E-state index < -0.39 is 20.9 Å². The number of amides is 1. The maximum atomic E-state index is 13.1. The zero-order chi connectivity index (χ0) is 20.8. The van der Waals surface area contributed by atoms with Crippen LogP contribution in [-0.2, 0) is 16.4 Å². The zero-order valence-corrected chi connectivity index (χ0v) is 16.9. The molecule has 2 heterocycles. The minimum Gasteiger partial charge on any atom is -0.307 e. The molecule has 0 N–H and O–H groups in total. The Morgan fingerprint density at radius 1 is 1.07 bits per heavy atom. The molecule has 0 spiro atoms. The summed E-state index contributed by atoms with van der Waals surface area (Å²) in [6, 6.07) is 8.61. The lowest BCUT2D eigenvalue weighted by molar-refractivity contribution is -0.384. The van der Waals surface area contributed by atoms with Crippen LogP contribution >= 0.6 is 11.6 Å². The smallest absolute Gasteiger partial charge is 0.271 e. The van der Waals surface area contributed by atoms with E-state index in [4.69, 9.17) is 11.6 Å². The van der Waals surface area contributed by atoms with Gasteiger partial charge in [0.25, 0.3) is 11.6 Å². The Kier molecular flexibility index (Phi) is 5.05. The number of nitrogens with zero attached hydrogens (tertiary/aromatic N) is 3. The molecule has 152 valence electrons. The lowest BCUT2D eigenvalue weighted by Crippen LogP contribution is -2.30. The first-order valence-electron chi connectivity index (χ1n) is 9.18. The van der Waals surface area contributed by atoms with Gasteiger partial charge in [-0.3, -0.25) is 14.9 Å². The van der Waals surface area contributed by atoms with Gasteiger partial charge in [-0.25, -0.2) is 8.42 Å². The number of fused-ring (bicyclic) bond motifs is 1. The van der Waals surface area contributed by atoms with Crippen LogP contribution in [0.15, 0.2) is 41.3 Å². The van der Waals surface area contributed by atoms with Gasteiger partial charge in [0.2, 0.25) is 10.0 Å². The van der Waals surface area contributed by atoms with E-state index in [1.54, 1.807) is 6.07 Å². The number of benzene rings is 2. The van der Waals surface area contributed by atoms with Crippen molar-refractivity contribution in [3.8, 4) is 0 Å². The molecule has 1 saturated heterocycles. The predicted octanol–water partition coefficient (Wildman–Crippen LogP) is 3.24. The summed E-state index contributed by atoms with van der Waals surface area (Å²) >= 11 is 6.15. The summed E-state index contributed by atoms with van der Waals surface area (Å²) in [6.07, 6.45) is 2.16. The van der Waals surface area contributed by atoms with Crippen LogP contribution in [0.5, 0.6) is 0 Å². The quantitative estimate of drug-likeness (QED) is 0.542. The molecule has 0 atom stereocenters. The molecule has 1 amide bonds. The Bertz CT molecular complexity index is 1110. The van der Waals surface area contributed by atoms with Gasteiger partial charge in [-0.05, 0) is 43.0 Å². The number of rotatable bonds is 4. The maximum absolute atomic E-state index is 13.1. The number of nitro groups is 1. The number of nitro benzene ring substituents is 1. The van der Waals surface area contributed by atoms with Crippen molar-refractivity contribution in [2.75, 3.05) is 24.5 Å². The maximum Gasteiger partial charge on any atom is 0.271 e. The van der Waals surface area contributed by atoms with Gasteiger partial charge >= 0.3 is 0 Å². The lowest BCUT2D eigenvalue weighted by atomic mass is 10.1. The van der Waals surface area contributed by atoms with Gasteiger partial charge in [0, 0.05) is 37.3 Å². The standard InChI is InChI=1S/C19H18ClN3O5S/c20-16-6-4-14(11-18(16)29(27,28)21-8-1-2-9-21)19(24)22-10-7-13-3-5-15(23(25)26)12-17(13)22/h3-6,11-12H,1-2,7-10H2. The summed E-state index contributed by atoms with van der Waals surface area (Å²) in [5.41, 5.74) is 1.38. The highest BCUT2D eigenvalue weighted by Gasteiger charge is 2.32. The third kappa shape index (κ3) is 3.50. The monoisotopic (exact) mass is 435 g/mol. The average Bonchev–Trinajstić information content (AvgIpc) is 3.37. The van der Waals surface area contributed by atoms with Gasteiger partial charge in [-0.15, -0.1) is 0 Å². The molecule has 10 heteroatoms. The molecule has 0 unspecified atom stereocenters. The average molecular weight is 436 g/mol. The highest BCUT2D eigenvalue weighted by Crippen LogP contribution is 2.34. The van der Waals surface area contributed by atoms with E-state index >= 15 is 0 Å². The fourth-order valence-electron chi connectivity index (χ4n) is 3.75. The first-order chi connectivity index (χ1) is 13.8. The van der Waals surface area contributed by atoms with E-state index in [0.717, 1.165) is 18.4 Å². The van der Waals surface area contributed by atoms with Crippen molar-refractivity contribution in [2.24, 2.45) is 0 Å². The van der Waals surface area contributed by atoms with Crippen LogP contribution < -0.4 is 4.90 Å². The Morgan fingerprint density at radius 3 is 2.48 bits per heavy atom. The molecule has 2 aromatic carbocycles. The van der Waals surface area contributed by atoms with Crippen LogP contribution in [0.1, 0.15) is 28.8 Å². The zero-order valence-electron chi connectivity index (χ0n) is 15.4. The van der Waals surface area contributed by atoms with Gasteiger partial charge in [0.15, 0.2) is 0 Å². The largest absolute Gasteiger partial charge is 0.307 e. The number of non-ortho nitro benzene ring substituents is 1. The van der Waals surface area contributed by atoms with Gasteiger partial charge < -0.3 is 4.90 Å². The highest BCUT2D eigenvalue weighted by molar-refractivity contribution is 7.89. The van der Waals surface area contributed by atoms with E-state index in [9.17, 15) is 23.3 Å². The second-order valence-corrected chi connectivity index (χ2v) is 9.35. The number of carbonyl (C=O) groups is 1. The molecule has 0 aliphatic carbocycles. The minimum atomic E-state index is -3.79. The first-order valence-corrected chi connectivity index (χ1v) is 11.0. The second kappa shape index (κ2) is 7.40. The SMILES string of the molecule is O=C(c1ccc(Cl)c(S(=O)(=O)N2CCCC2)c1)N1CCc2ccc([N+](=O)[O-])cc21. The summed E-state index contributed by atoms with van der Waals surface area (Å²) in [6.45, 7) is 1.23. The Hall–Kier alpha value is -2.49. The van der Waals surface area contributed by atoms with Crippen LogP contribution in [0.3, 0.4) is 0 Å². The molecule has 2 aromatic rings. The van der Waals surface area contributed by atoms with Crippen molar-refractivity contribution >= 4 is 38.9 Å². The van der Waals surface area contributed by atoms with Crippen LogP contribution in [0.25, 0.3) is 0 Å². The normalized spacial score (nSPS) is 16.8. The molecule has 1 fully saturated rings. The fourth-order valence-corrected chi connectivity index (χ4v) is 5.77. The minimum absolute atomic E-state index is 0.0610. The van der Waals surface area contributed by atoms with Gasteiger partial charge in [-0.1, -0.05) is 17.7 Å². The summed E-state index contributed by atoms with van der Waals surface area (Å²) in [7, 11) is -3.79. The molecule has 0 radical (unpaired) electrons. The van der Waals surface area contributed by atoms with Crippen molar-refractivity contribution in [2.45, 2.75) is 24.2 Å². The first kappa shape index (κ1) is 19.8. The van der Waals surface area contributed by atoms with Crippen molar-refractivity contribution in [3.63, 3.8) is 0 Å². The molecule has 0 aromatic heterocycles. The summed E-state index contributed by atoms with van der Waals surface area (Å²) < 4.78 is 27.2. The molecule has 0 saturated carbocycles. The highest BCUT2D eigenvalue weighted by atomic mass is 35.5. The van der Waals surface area contributed by atoms with Gasteiger partial charge in [0.05, 0.1) is 15.6 Å². The Morgan fingerprint density at radius 2 is 1.79 bits per heavy atom. The van der Waals surface area contributed by atoms with Crippen LogP contribution in [-0.4, -0.2) is 43.2 Å².